The molecule has 0 bridgehead atoms. The van der Waals surface area contributed by atoms with Gasteiger partial charge in [0.05, 0.1) is 27.9 Å². The van der Waals surface area contributed by atoms with Gasteiger partial charge in [0.2, 0.25) is 0 Å². The molecule has 0 N–H and O–H groups in total. The van der Waals surface area contributed by atoms with Gasteiger partial charge in [-0.2, -0.15) is 0 Å². The molecule has 1 atom stereocenters. The maximum absolute atomic E-state index is 14.3. The molecule has 3 heterocycles. The van der Waals surface area contributed by atoms with Crippen LogP contribution in [0.25, 0.3) is 17.0 Å². The van der Waals surface area contributed by atoms with E-state index in [1.807, 2.05) is 93.8 Å². The monoisotopic (exact) mass is 641 g/mol. The molecule has 0 fully saturated rings. The van der Waals surface area contributed by atoms with E-state index in [0.29, 0.717) is 32.2 Å². The van der Waals surface area contributed by atoms with Gasteiger partial charge in [0.25, 0.3) is 5.56 Å². The van der Waals surface area contributed by atoms with Crippen LogP contribution in [-0.2, 0) is 16.1 Å². The van der Waals surface area contributed by atoms with Crippen molar-refractivity contribution in [3.05, 3.63) is 131 Å². The molecule has 44 heavy (non-hydrogen) atoms. The molecule has 1 aliphatic heterocycles. The molecule has 0 unspecified atom stereocenters. The Morgan fingerprint density at radius 1 is 1.07 bits per heavy atom. The van der Waals surface area contributed by atoms with E-state index in [4.69, 9.17) is 21.3 Å². The zero-order valence-corrected chi connectivity index (χ0v) is 27.5. The van der Waals surface area contributed by atoms with Crippen LogP contribution in [0.2, 0.25) is 5.02 Å². The van der Waals surface area contributed by atoms with Gasteiger partial charge < -0.3 is 9.30 Å². The zero-order valence-electron chi connectivity index (χ0n) is 25.1. The maximum atomic E-state index is 14.3. The Bertz CT molecular complexity index is 2120. The van der Waals surface area contributed by atoms with Crippen LogP contribution in [0.5, 0.6) is 0 Å². The van der Waals surface area contributed by atoms with Crippen LogP contribution in [0.3, 0.4) is 0 Å². The first-order valence-corrected chi connectivity index (χ1v) is 16.8. The molecule has 5 aromatic rings. The summed E-state index contributed by atoms with van der Waals surface area (Å²) in [5.74, 6) is -0.465. The number of thiazole rings is 1. The van der Waals surface area contributed by atoms with E-state index in [1.165, 1.54) is 11.3 Å². The molecule has 6 nitrogen and oxygen atoms in total. The Hall–Kier alpha value is -3.85. The van der Waals surface area contributed by atoms with Gasteiger partial charge in [-0.1, -0.05) is 71.5 Å². The van der Waals surface area contributed by atoms with E-state index < -0.39 is 12.0 Å². The highest BCUT2D eigenvalue weighted by Gasteiger charge is 2.34. The molecule has 1 aliphatic rings. The molecule has 224 valence electrons. The molecule has 0 radical (unpaired) electrons. The van der Waals surface area contributed by atoms with Crippen LogP contribution in [0.4, 0.5) is 0 Å². The molecule has 3 aromatic carbocycles. The van der Waals surface area contributed by atoms with E-state index in [1.54, 1.807) is 16.3 Å². The van der Waals surface area contributed by atoms with E-state index in [-0.39, 0.29) is 11.7 Å². The Morgan fingerprint density at radius 3 is 2.48 bits per heavy atom. The number of carbonyl (C=O) groups is 1. The molecular weight excluding hydrogens is 610 g/mol. The summed E-state index contributed by atoms with van der Waals surface area (Å²) in [5, 5.41) is 1.76. The largest absolute Gasteiger partial charge is 0.459 e. The van der Waals surface area contributed by atoms with Gasteiger partial charge in [-0.25, -0.2) is 9.79 Å². The van der Waals surface area contributed by atoms with Crippen LogP contribution < -0.4 is 14.9 Å². The lowest BCUT2D eigenvalue weighted by Crippen LogP contribution is -2.40. The van der Waals surface area contributed by atoms with Crippen LogP contribution in [-0.4, -0.2) is 27.5 Å². The predicted molar refractivity (Wildman–Crippen MR) is 180 cm³/mol. The number of fused-ring (bicyclic) bond motifs is 2. The molecule has 2 aromatic heterocycles. The lowest BCUT2D eigenvalue weighted by molar-refractivity contribution is -0.143. The van der Waals surface area contributed by atoms with Crippen LogP contribution in [0.1, 0.15) is 49.2 Å². The average molecular weight is 642 g/mol. The van der Waals surface area contributed by atoms with Crippen molar-refractivity contribution >= 4 is 57.6 Å². The predicted octanol–water partition coefficient (Wildman–Crippen LogP) is 6.87. The van der Waals surface area contributed by atoms with Gasteiger partial charge in [-0.15, -0.1) is 11.8 Å². The van der Waals surface area contributed by atoms with Crippen LogP contribution in [0.15, 0.2) is 98.7 Å². The van der Waals surface area contributed by atoms with E-state index in [2.05, 4.69) is 23.6 Å². The topological polar surface area (TPSA) is 65.6 Å². The number of thioether (sulfide) groups is 1. The van der Waals surface area contributed by atoms with Gasteiger partial charge in [0, 0.05) is 38.6 Å². The van der Waals surface area contributed by atoms with Crippen LogP contribution >= 0.6 is 34.7 Å². The number of para-hydroxylation sites is 1. The highest BCUT2D eigenvalue weighted by atomic mass is 35.5. The Morgan fingerprint density at radius 2 is 1.77 bits per heavy atom. The third-order valence-corrected chi connectivity index (χ3v) is 9.95. The number of carbonyl (C=O) groups excluding carboxylic acids is 1. The number of esters is 1. The fraction of sp³-hybridized carbons (Fsp3) is 0.229. The Labute approximate surface area is 269 Å². The van der Waals surface area contributed by atoms with Crippen molar-refractivity contribution in [3.8, 4) is 0 Å². The Balaban J connectivity index is 1.54. The number of rotatable bonds is 7. The number of benzene rings is 3. The average Bonchev–Trinajstić information content (AvgIpc) is 3.45. The minimum Gasteiger partial charge on any atom is -0.459 e. The van der Waals surface area contributed by atoms with Gasteiger partial charge in [-0.3, -0.25) is 9.36 Å². The first-order chi connectivity index (χ1) is 21.2. The van der Waals surface area contributed by atoms with Crippen molar-refractivity contribution in [2.45, 2.75) is 51.3 Å². The standard InChI is InChI=1S/C35H32ClN3O3S2/c1-20(2)42-34(41)31-21(3)37-35-39(32(31)23-14-16-25(43-5)17-15-23)33(40)30(44-35)18-27-22(4)38(29-13-9-7-11-26(27)29)19-24-10-6-8-12-28(24)36/h6-18,20,32H,19H2,1-5H3/b30-18-/t32-/m0/s1. The van der Waals surface area contributed by atoms with Gasteiger partial charge in [-0.05, 0) is 75.4 Å². The number of aromatic nitrogens is 2. The van der Waals surface area contributed by atoms with Crippen LogP contribution in [0, 0.1) is 6.92 Å². The summed E-state index contributed by atoms with van der Waals surface area (Å²) in [5.41, 5.74) is 5.63. The number of allylic oxidation sites excluding steroid dienone is 1. The summed E-state index contributed by atoms with van der Waals surface area (Å²) in [6.07, 6.45) is 3.67. The number of halogens is 1. The van der Waals surface area contributed by atoms with Gasteiger partial charge in [0.1, 0.15) is 0 Å². The quantitative estimate of drug-likeness (QED) is 0.144. The molecule has 0 aliphatic carbocycles. The molecule has 0 spiro atoms. The molecule has 0 saturated heterocycles. The fourth-order valence-electron chi connectivity index (χ4n) is 5.73. The smallest absolute Gasteiger partial charge is 0.338 e. The van der Waals surface area contributed by atoms with E-state index in [0.717, 1.165) is 38.2 Å². The summed E-state index contributed by atoms with van der Waals surface area (Å²) in [6.45, 7) is 8.11. The molecule has 6 rings (SSSR count). The third-order valence-electron chi connectivity index (χ3n) is 7.86. The summed E-state index contributed by atoms with van der Waals surface area (Å²) in [4.78, 5) is 34.1. The number of nitrogens with zero attached hydrogens (tertiary/aromatic N) is 3. The lowest BCUT2D eigenvalue weighted by atomic mass is 9.96. The highest BCUT2D eigenvalue weighted by Crippen LogP contribution is 2.33. The van der Waals surface area contributed by atoms with E-state index in [9.17, 15) is 9.59 Å². The molecule has 0 saturated carbocycles. The number of ether oxygens (including phenoxy) is 1. The van der Waals surface area contributed by atoms with Gasteiger partial charge in [0.15, 0.2) is 4.80 Å². The first-order valence-electron chi connectivity index (χ1n) is 14.4. The summed E-state index contributed by atoms with van der Waals surface area (Å²) in [6, 6.07) is 23.4. The SMILES string of the molecule is CSc1ccc([C@H]2C(C(=O)OC(C)C)=C(C)N=c3s/c(=C\c4c(C)n(Cc5ccccc5Cl)c5ccccc45)c(=O)n32)cc1. The fourth-order valence-corrected chi connectivity index (χ4v) is 7.37. The van der Waals surface area contributed by atoms with Crippen molar-refractivity contribution in [1.82, 2.24) is 9.13 Å². The normalized spacial score (nSPS) is 15.2. The van der Waals surface area contributed by atoms with Crippen molar-refractivity contribution in [1.29, 1.82) is 0 Å². The first kappa shape index (κ1) is 30.2. The van der Waals surface area contributed by atoms with Crippen molar-refractivity contribution in [2.75, 3.05) is 6.26 Å². The minimum atomic E-state index is -0.654. The highest BCUT2D eigenvalue weighted by molar-refractivity contribution is 7.98. The van der Waals surface area contributed by atoms with Crippen molar-refractivity contribution < 1.29 is 9.53 Å². The second-order valence-corrected chi connectivity index (χ2v) is 13.3. The maximum Gasteiger partial charge on any atom is 0.338 e. The van der Waals surface area contributed by atoms with Crippen molar-refractivity contribution in [2.24, 2.45) is 4.99 Å². The molecule has 9 heteroatoms. The summed E-state index contributed by atoms with van der Waals surface area (Å²) < 4.78 is 10.1. The Kier molecular flexibility index (Phi) is 8.42. The zero-order chi connectivity index (χ0) is 31.1. The van der Waals surface area contributed by atoms with E-state index >= 15 is 0 Å². The number of hydrogen-bond donors (Lipinski definition) is 0. The number of hydrogen-bond acceptors (Lipinski definition) is 6. The third kappa shape index (κ3) is 5.47. The van der Waals surface area contributed by atoms with Gasteiger partial charge >= 0.3 is 5.97 Å². The molecule has 0 amide bonds. The lowest BCUT2D eigenvalue weighted by Gasteiger charge is -2.25. The summed E-state index contributed by atoms with van der Waals surface area (Å²) in [7, 11) is 0. The molecular formula is C35H32ClN3O3S2. The second kappa shape index (κ2) is 12.3. The summed E-state index contributed by atoms with van der Waals surface area (Å²) >= 11 is 9.51. The van der Waals surface area contributed by atoms with Crippen molar-refractivity contribution in [3.63, 3.8) is 0 Å². The minimum absolute atomic E-state index is 0.197. The second-order valence-electron chi connectivity index (χ2n) is 11.0.